The lowest BCUT2D eigenvalue weighted by Crippen LogP contribution is -2.30. The van der Waals surface area contributed by atoms with Gasteiger partial charge in [0, 0.05) is 0 Å². The predicted octanol–water partition coefficient (Wildman–Crippen LogP) is 7.36. The third-order valence-electron chi connectivity index (χ3n) is 4.97. The summed E-state index contributed by atoms with van der Waals surface area (Å²) in [4.78, 5) is 0. The molecule has 0 nitrogen and oxygen atoms in total. The van der Waals surface area contributed by atoms with Crippen LogP contribution in [0, 0.1) is 11.3 Å². The number of rotatable bonds is 4. The number of hydrogen-bond donors (Lipinski definition) is 0. The Kier molecular flexibility index (Phi) is 7.39. The van der Waals surface area contributed by atoms with E-state index < -0.39 is 0 Å². The normalized spacial score (nSPS) is 12.9. The fraction of sp³-hybridized carbons (Fsp3) is 0.727. The van der Waals surface area contributed by atoms with E-state index in [1.807, 2.05) is 13.8 Å². The topological polar surface area (TPSA) is 0 Å². The maximum atomic E-state index is 2.41. The zero-order valence-corrected chi connectivity index (χ0v) is 17.1. The first-order chi connectivity index (χ1) is 9.86. The van der Waals surface area contributed by atoms with Crippen LogP contribution in [0.3, 0.4) is 0 Å². The van der Waals surface area contributed by atoms with Crippen molar-refractivity contribution >= 4 is 0 Å². The third kappa shape index (κ3) is 5.78. The van der Waals surface area contributed by atoms with Gasteiger partial charge in [0.1, 0.15) is 0 Å². The molecule has 0 atom stereocenters. The van der Waals surface area contributed by atoms with E-state index in [9.17, 15) is 0 Å². The number of hydrogen-bond acceptors (Lipinski definition) is 0. The monoisotopic (exact) mass is 304 g/mol. The zero-order chi connectivity index (χ0) is 17.8. The maximum absolute atomic E-state index is 2.41. The van der Waals surface area contributed by atoms with Gasteiger partial charge in [-0.1, -0.05) is 100 Å². The largest absolute Gasteiger partial charge is 0.0683 e. The molecule has 0 spiro atoms. The van der Waals surface area contributed by atoms with Crippen molar-refractivity contribution in [3.63, 3.8) is 0 Å². The highest BCUT2D eigenvalue weighted by Gasteiger charge is 2.32. The molecule has 1 aromatic rings. The van der Waals surface area contributed by atoms with Gasteiger partial charge in [-0.05, 0) is 39.7 Å². The Balaban J connectivity index is 0.00000211. The Hall–Kier alpha value is -0.780. The highest BCUT2D eigenvalue weighted by molar-refractivity contribution is 5.33. The van der Waals surface area contributed by atoms with Crippen molar-refractivity contribution < 1.29 is 0 Å². The minimum absolute atomic E-state index is 0.217. The Morgan fingerprint density at radius 2 is 1.27 bits per heavy atom. The molecular weight excluding hydrogens is 264 g/mol. The summed E-state index contributed by atoms with van der Waals surface area (Å²) < 4.78 is 0. The first kappa shape index (κ1) is 21.2. The van der Waals surface area contributed by atoms with E-state index in [2.05, 4.69) is 86.6 Å². The van der Waals surface area contributed by atoms with E-state index in [1.165, 1.54) is 17.5 Å². The van der Waals surface area contributed by atoms with Crippen LogP contribution in [0.25, 0.3) is 0 Å². The SMILES string of the molecule is CC.CC(C)C(C)(C)CC(C)(C)c1cccc(C(C)(C)C)c1. The van der Waals surface area contributed by atoms with Crippen molar-refractivity contribution in [1.82, 2.24) is 0 Å². The molecule has 22 heavy (non-hydrogen) atoms. The quantitative estimate of drug-likeness (QED) is 0.545. The van der Waals surface area contributed by atoms with E-state index in [0.29, 0.717) is 11.3 Å². The fourth-order valence-electron chi connectivity index (χ4n) is 2.85. The highest BCUT2D eigenvalue weighted by atomic mass is 14.4. The molecule has 0 N–H and O–H groups in total. The van der Waals surface area contributed by atoms with Crippen LogP contribution < -0.4 is 0 Å². The lowest BCUT2D eigenvalue weighted by Gasteiger charge is -2.38. The maximum Gasteiger partial charge on any atom is -0.00983 e. The highest BCUT2D eigenvalue weighted by Crippen LogP contribution is 2.41. The summed E-state index contributed by atoms with van der Waals surface area (Å²) in [5.41, 5.74) is 3.71. The second-order valence-electron chi connectivity index (χ2n) is 9.03. The molecular formula is C22H40. The minimum Gasteiger partial charge on any atom is -0.0683 e. The molecule has 0 heteroatoms. The predicted molar refractivity (Wildman–Crippen MR) is 103 cm³/mol. The first-order valence-electron chi connectivity index (χ1n) is 8.97. The summed E-state index contributed by atoms with van der Waals surface area (Å²) in [5.74, 6) is 0.701. The van der Waals surface area contributed by atoms with E-state index in [0.717, 1.165) is 0 Å². The summed E-state index contributed by atoms with van der Waals surface area (Å²) >= 11 is 0. The number of benzene rings is 1. The first-order valence-corrected chi connectivity index (χ1v) is 8.97. The molecule has 128 valence electrons. The summed E-state index contributed by atoms with van der Waals surface area (Å²) in [6, 6.07) is 9.19. The van der Waals surface area contributed by atoms with Gasteiger partial charge in [-0.3, -0.25) is 0 Å². The van der Waals surface area contributed by atoms with Crippen LogP contribution >= 0.6 is 0 Å². The van der Waals surface area contributed by atoms with Crippen molar-refractivity contribution in [3.8, 4) is 0 Å². The van der Waals surface area contributed by atoms with Gasteiger partial charge in [0.15, 0.2) is 0 Å². The van der Waals surface area contributed by atoms with Crippen LogP contribution in [-0.4, -0.2) is 0 Å². The van der Waals surface area contributed by atoms with E-state index >= 15 is 0 Å². The van der Waals surface area contributed by atoms with Gasteiger partial charge in [-0.25, -0.2) is 0 Å². The van der Waals surface area contributed by atoms with Crippen LogP contribution in [0.15, 0.2) is 24.3 Å². The average Bonchev–Trinajstić information content (AvgIpc) is 2.39. The molecule has 0 saturated heterocycles. The molecule has 0 bridgehead atoms. The summed E-state index contributed by atoms with van der Waals surface area (Å²) in [6.45, 7) is 25.1. The molecule has 0 amide bonds. The molecule has 0 aliphatic heterocycles. The van der Waals surface area contributed by atoms with Gasteiger partial charge in [0.2, 0.25) is 0 Å². The van der Waals surface area contributed by atoms with Crippen LogP contribution in [0.1, 0.15) is 93.7 Å². The Morgan fingerprint density at radius 1 is 0.818 bits per heavy atom. The minimum atomic E-state index is 0.217. The van der Waals surface area contributed by atoms with Crippen molar-refractivity contribution in [2.75, 3.05) is 0 Å². The smallest absolute Gasteiger partial charge is 0.00983 e. The van der Waals surface area contributed by atoms with Crippen LogP contribution in [0.5, 0.6) is 0 Å². The lowest BCUT2D eigenvalue weighted by atomic mass is 9.66. The second-order valence-corrected chi connectivity index (χ2v) is 9.03. The fourth-order valence-corrected chi connectivity index (χ4v) is 2.85. The molecule has 0 aliphatic rings. The molecule has 0 unspecified atom stereocenters. The summed E-state index contributed by atoms with van der Waals surface area (Å²) in [5, 5.41) is 0. The Bertz CT molecular complexity index is 441. The van der Waals surface area contributed by atoms with Gasteiger partial charge in [0.25, 0.3) is 0 Å². The van der Waals surface area contributed by atoms with Crippen molar-refractivity contribution in [3.05, 3.63) is 35.4 Å². The van der Waals surface area contributed by atoms with Crippen LogP contribution in [-0.2, 0) is 10.8 Å². The van der Waals surface area contributed by atoms with Gasteiger partial charge < -0.3 is 0 Å². The third-order valence-corrected chi connectivity index (χ3v) is 4.97. The van der Waals surface area contributed by atoms with E-state index in [-0.39, 0.29) is 10.8 Å². The average molecular weight is 305 g/mol. The molecule has 0 saturated carbocycles. The van der Waals surface area contributed by atoms with Crippen LogP contribution in [0.2, 0.25) is 0 Å². The van der Waals surface area contributed by atoms with Gasteiger partial charge in [-0.15, -0.1) is 0 Å². The van der Waals surface area contributed by atoms with E-state index in [1.54, 1.807) is 0 Å². The molecule has 0 heterocycles. The summed E-state index contributed by atoms with van der Waals surface area (Å²) in [6.07, 6.45) is 1.21. The van der Waals surface area contributed by atoms with E-state index in [4.69, 9.17) is 0 Å². The zero-order valence-electron chi connectivity index (χ0n) is 17.1. The molecule has 0 fully saturated rings. The van der Waals surface area contributed by atoms with Crippen molar-refractivity contribution in [2.24, 2.45) is 11.3 Å². The molecule has 1 aromatic carbocycles. The molecule has 0 radical (unpaired) electrons. The second kappa shape index (κ2) is 7.66. The van der Waals surface area contributed by atoms with Crippen molar-refractivity contribution in [2.45, 2.75) is 93.4 Å². The Morgan fingerprint density at radius 3 is 1.68 bits per heavy atom. The Labute approximate surface area is 140 Å². The molecule has 0 aliphatic carbocycles. The molecule has 1 rings (SSSR count). The van der Waals surface area contributed by atoms with Gasteiger partial charge in [0.05, 0.1) is 0 Å². The van der Waals surface area contributed by atoms with Gasteiger partial charge in [-0.2, -0.15) is 0 Å². The summed E-state index contributed by atoms with van der Waals surface area (Å²) in [7, 11) is 0. The molecule has 0 aromatic heterocycles. The standard InChI is InChI=1S/C20H34.C2H6/c1-15(2)19(6,7)14-20(8,9)17-12-10-11-16(13-17)18(3,4)5;1-2/h10-13,15H,14H2,1-9H3;1-2H3. The van der Waals surface area contributed by atoms with Crippen molar-refractivity contribution in [1.29, 1.82) is 0 Å². The van der Waals surface area contributed by atoms with Crippen LogP contribution in [0.4, 0.5) is 0 Å². The lowest BCUT2D eigenvalue weighted by molar-refractivity contribution is 0.181. The van der Waals surface area contributed by atoms with Gasteiger partial charge >= 0.3 is 0 Å².